The van der Waals surface area contributed by atoms with Gasteiger partial charge in [-0.15, -0.1) is 0 Å². The Morgan fingerprint density at radius 2 is 1.62 bits per heavy atom. The van der Waals surface area contributed by atoms with E-state index in [4.69, 9.17) is 0 Å². The number of nitrogens with one attached hydrogen (secondary N) is 2. The summed E-state index contributed by atoms with van der Waals surface area (Å²) >= 11 is 0. The summed E-state index contributed by atoms with van der Waals surface area (Å²) in [6.45, 7) is 7.58. The average Bonchev–Trinajstić information content (AvgIpc) is 3.58. The molecule has 0 spiro atoms. The maximum atomic E-state index is 13.1. The first kappa shape index (κ1) is 31.8. The van der Waals surface area contributed by atoms with Crippen LogP contribution in [0.1, 0.15) is 55.0 Å². The van der Waals surface area contributed by atoms with Crippen molar-refractivity contribution in [2.24, 2.45) is 5.92 Å². The number of imidazole rings is 1. The maximum absolute atomic E-state index is 13.1. The Balaban J connectivity index is 0.876. The number of hydrogen-bond acceptors (Lipinski definition) is 7. The lowest BCUT2D eigenvalue weighted by Gasteiger charge is -2.39. The first-order valence-electron chi connectivity index (χ1n) is 16.2. The summed E-state index contributed by atoms with van der Waals surface area (Å²) in [5, 5.41) is 2.57. The molecular formula is C35H36F3N7O3. The summed E-state index contributed by atoms with van der Waals surface area (Å²) in [6, 6.07) is 15.8. The van der Waals surface area contributed by atoms with Crippen molar-refractivity contribution >= 4 is 40.4 Å². The SMILES string of the molecule is CN1C(=O)c2ccc(N3CCC(CN4CCN(Cc5ccc6nc(NC(=O)c7cccc(C(F)(F)F)c7)[nH]c6c5)CC4)CC3)cc2C1=O. The van der Waals surface area contributed by atoms with E-state index in [2.05, 4.69) is 30.0 Å². The van der Waals surface area contributed by atoms with Crippen LogP contribution < -0.4 is 10.2 Å². The number of nitrogens with zero attached hydrogens (tertiary/aromatic N) is 5. The first-order valence-corrected chi connectivity index (χ1v) is 16.2. The van der Waals surface area contributed by atoms with Gasteiger partial charge in [-0.05, 0) is 72.9 Å². The molecule has 7 rings (SSSR count). The predicted molar refractivity (Wildman–Crippen MR) is 175 cm³/mol. The normalized spacial score (nSPS) is 18.2. The van der Waals surface area contributed by atoms with Gasteiger partial charge >= 0.3 is 6.18 Å². The third-order valence-electron chi connectivity index (χ3n) is 9.67. The molecule has 10 nitrogen and oxygen atoms in total. The quantitative estimate of drug-likeness (QED) is 0.266. The number of aromatic amines is 1. The topological polar surface area (TPSA) is 105 Å². The van der Waals surface area contributed by atoms with Crippen LogP contribution in [0.3, 0.4) is 0 Å². The number of aromatic nitrogens is 2. The highest BCUT2D eigenvalue weighted by molar-refractivity contribution is 6.21. The number of imide groups is 1. The number of fused-ring (bicyclic) bond motifs is 2. The molecule has 4 heterocycles. The summed E-state index contributed by atoms with van der Waals surface area (Å²) in [6.07, 6.45) is -2.37. The molecule has 3 aliphatic heterocycles. The predicted octanol–water partition coefficient (Wildman–Crippen LogP) is 5.09. The minimum absolute atomic E-state index is 0.0999. The van der Waals surface area contributed by atoms with Gasteiger partial charge < -0.3 is 14.8 Å². The van der Waals surface area contributed by atoms with Crippen LogP contribution in [0, 0.1) is 5.92 Å². The molecule has 3 aliphatic rings. The number of hydrogen-bond donors (Lipinski definition) is 2. The van der Waals surface area contributed by atoms with Gasteiger partial charge in [-0.25, -0.2) is 4.98 Å². The van der Waals surface area contributed by atoms with Crippen molar-refractivity contribution in [1.82, 2.24) is 24.7 Å². The molecule has 1 aromatic heterocycles. The molecule has 4 aromatic rings. The highest BCUT2D eigenvalue weighted by Gasteiger charge is 2.34. The number of alkyl halides is 3. The smallest absolute Gasteiger partial charge is 0.371 e. The Labute approximate surface area is 275 Å². The Kier molecular flexibility index (Phi) is 8.42. The Bertz CT molecular complexity index is 1870. The molecule has 2 fully saturated rings. The fourth-order valence-electron chi connectivity index (χ4n) is 6.90. The van der Waals surface area contributed by atoms with E-state index in [1.807, 2.05) is 30.3 Å². The number of amides is 3. The molecule has 3 aromatic carbocycles. The Hall–Kier alpha value is -4.75. The van der Waals surface area contributed by atoms with Gasteiger partial charge in [-0.1, -0.05) is 12.1 Å². The van der Waals surface area contributed by atoms with Gasteiger partial charge in [0, 0.05) is 70.7 Å². The lowest BCUT2D eigenvalue weighted by molar-refractivity contribution is -0.137. The van der Waals surface area contributed by atoms with E-state index in [0.717, 1.165) is 94.1 Å². The van der Waals surface area contributed by atoms with Crippen molar-refractivity contribution in [3.8, 4) is 0 Å². The van der Waals surface area contributed by atoms with Crippen molar-refractivity contribution in [1.29, 1.82) is 0 Å². The average molecular weight is 660 g/mol. The molecule has 2 N–H and O–H groups in total. The second-order valence-electron chi connectivity index (χ2n) is 12.9. The number of anilines is 2. The molecule has 0 aliphatic carbocycles. The molecule has 0 saturated carbocycles. The van der Waals surface area contributed by atoms with E-state index in [-0.39, 0.29) is 23.3 Å². The molecule has 3 amide bonds. The lowest BCUT2D eigenvalue weighted by Crippen LogP contribution is -2.48. The van der Waals surface area contributed by atoms with E-state index in [1.54, 1.807) is 6.07 Å². The summed E-state index contributed by atoms with van der Waals surface area (Å²) in [5.41, 5.74) is 3.50. The fourth-order valence-corrected chi connectivity index (χ4v) is 6.90. The van der Waals surface area contributed by atoms with Gasteiger partial charge in [0.05, 0.1) is 27.7 Å². The second kappa shape index (κ2) is 12.7. The number of rotatable bonds is 7. The van der Waals surface area contributed by atoms with Crippen LogP contribution in [0.25, 0.3) is 11.0 Å². The molecule has 0 bridgehead atoms. The van der Waals surface area contributed by atoms with Crippen molar-refractivity contribution in [3.63, 3.8) is 0 Å². The van der Waals surface area contributed by atoms with Crippen LogP contribution in [0.4, 0.5) is 24.8 Å². The van der Waals surface area contributed by atoms with Crippen LogP contribution in [-0.2, 0) is 12.7 Å². The number of halogens is 3. The zero-order valence-electron chi connectivity index (χ0n) is 26.5. The molecule has 0 atom stereocenters. The van der Waals surface area contributed by atoms with Crippen molar-refractivity contribution in [2.75, 3.05) is 63.1 Å². The third-order valence-corrected chi connectivity index (χ3v) is 9.67. The van der Waals surface area contributed by atoms with Gasteiger partial charge in [0.25, 0.3) is 17.7 Å². The third kappa shape index (κ3) is 6.52. The number of carbonyl (C=O) groups excluding carboxylic acids is 3. The summed E-state index contributed by atoms with van der Waals surface area (Å²) in [4.78, 5) is 53.2. The molecule has 2 saturated heterocycles. The van der Waals surface area contributed by atoms with Crippen LogP contribution in [0.2, 0.25) is 0 Å². The minimum Gasteiger partial charge on any atom is -0.371 e. The van der Waals surface area contributed by atoms with E-state index >= 15 is 0 Å². The first-order chi connectivity index (χ1) is 23.0. The van der Waals surface area contributed by atoms with Gasteiger partial charge in [0.15, 0.2) is 0 Å². The van der Waals surface area contributed by atoms with E-state index in [0.29, 0.717) is 22.6 Å². The standard InChI is InChI=1S/C35H36F3N7O3/c1-42-32(47)27-7-6-26(19-28(27)33(42)48)45-11-9-22(10-12-45)20-43-13-15-44(16-14-43)21-23-5-8-29-30(17-23)40-34(39-29)41-31(46)24-3-2-4-25(18-24)35(36,37)38/h2-8,17-19,22H,9-16,20-21H2,1H3,(H2,39,40,41,46). The molecule has 48 heavy (non-hydrogen) atoms. The van der Waals surface area contributed by atoms with Crippen LogP contribution in [0.15, 0.2) is 60.7 Å². The summed E-state index contributed by atoms with van der Waals surface area (Å²) in [5.74, 6) is -0.356. The zero-order chi connectivity index (χ0) is 33.6. The molecule has 0 radical (unpaired) electrons. The van der Waals surface area contributed by atoms with Crippen LogP contribution >= 0.6 is 0 Å². The number of carbonyl (C=O) groups is 3. The highest BCUT2D eigenvalue weighted by atomic mass is 19.4. The Morgan fingerprint density at radius 1 is 0.896 bits per heavy atom. The molecule has 0 unspecified atom stereocenters. The van der Waals surface area contributed by atoms with Crippen molar-refractivity contribution in [3.05, 3.63) is 88.5 Å². The Morgan fingerprint density at radius 3 is 2.38 bits per heavy atom. The van der Waals surface area contributed by atoms with Crippen LogP contribution in [-0.4, -0.2) is 95.3 Å². The number of benzene rings is 3. The van der Waals surface area contributed by atoms with E-state index < -0.39 is 17.6 Å². The maximum Gasteiger partial charge on any atom is 0.416 e. The molecule has 13 heteroatoms. The summed E-state index contributed by atoms with van der Waals surface area (Å²) < 4.78 is 39.2. The molecular weight excluding hydrogens is 623 g/mol. The number of H-pyrrole nitrogens is 1. The van der Waals surface area contributed by atoms with Gasteiger partial charge in [0.1, 0.15) is 0 Å². The summed E-state index contributed by atoms with van der Waals surface area (Å²) in [7, 11) is 1.52. The minimum atomic E-state index is -4.53. The van der Waals surface area contributed by atoms with E-state index in [9.17, 15) is 27.6 Å². The van der Waals surface area contributed by atoms with Crippen LogP contribution in [0.5, 0.6) is 0 Å². The lowest BCUT2D eigenvalue weighted by atomic mass is 9.95. The van der Waals surface area contributed by atoms with Crippen molar-refractivity contribution < 1.29 is 27.6 Å². The largest absolute Gasteiger partial charge is 0.416 e. The zero-order valence-corrected chi connectivity index (χ0v) is 26.5. The molecule has 250 valence electrons. The van der Waals surface area contributed by atoms with Gasteiger partial charge in [-0.2, -0.15) is 13.2 Å². The van der Waals surface area contributed by atoms with Gasteiger partial charge in [0.2, 0.25) is 5.95 Å². The van der Waals surface area contributed by atoms with E-state index in [1.165, 1.54) is 24.1 Å². The monoisotopic (exact) mass is 659 g/mol. The number of piperazine rings is 1. The van der Waals surface area contributed by atoms with Gasteiger partial charge in [-0.3, -0.25) is 29.5 Å². The number of piperidine rings is 1. The fraction of sp³-hybridized carbons (Fsp3) is 0.371. The van der Waals surface area contributed by atoms with Crippen molar-refractivity contribution in [2.45, 2.75) is 25.6 Å². The second-order valence-corrected chi connectivity index (χ2v) is 12.9. The highest BCUT2D eigenvalue weighted by Crippen LogP contribution is 2.31.